The zero-order valence-corrected chi connectivity index (χ0v) is 11.7. The van der Waals surface area contributed by atoms with Crippen LogP contribution in [-0.4, -0.2) is 28.0 Å². The molecule has 0 saturated heterocycles. The molecule has 0 atom stereocenters. The number of nitrogens with zero attached hydrogens (tertiary/aromatic N) is 2. The third-order valence-electron chi connectivity index (χ3n) is 1.54. The SMILES string of the molecule is CC(C)(C)NC(=O)CNc1ncc(I)cn1. The Kier molecular flexibility index (Phi) is 4.45. The van der Waals surface area contributed by atoms with E-state index >= 15 is 0 Å². The summed E-state index contributed by atoms with van der Waals surface area (Å²) in [7, 11) is 0. The van der Waals surface area contributed by atoms with Gasteiger partial charge in [0.15, 0.2) is 0 Å². The molecule has 0 aromatic carbocycles. The summed E-state index contributed by atoms with van der Waals surface area (Å²) in [5.74, 6) is 0.388. The molecule has 1 rings (SSSR count). The van der Waals surface area contributed by atoms with E-state index in [4.69, 9.17) is 0 Å². The maximum Gasteiger partial charge on any atom is 0.239 e. The van der Waals surface area contributed by atoms with E-state index in [1.165, 1.54) is 0 Å². The maximum absolute atomic E-state index is 11.5. The van der Waals surface area contributed by atoms with Crippen LogP contribution in [0.2, 0.25) is 0 Å². The lowest BCUT2D eigenvalue weighted by molar-refractivity contribution is -0.120. The standard InChI is InChI=1S/C10H15IN4O/c1-10(2,3)15-8(16)6-14-9-12-4-7(11)5-13-9/h4-5H,6H2,1-3H3,(H,15,16)(H,12,13,14). The molecular formula is C10H15IN4O. The van der Waals surface area contributed by atoms with Crippen molar-refractivity contribution in [3.63, 3.8) is 0 Å². The lowest BCUT2D eigenvalue weighted by Crippen LogP contribution is -2.43. The van der Waals surface area contributed by atoms with Crippen molar-refractivity contribution in [3.05, 3.63) is 16.0 Å². The topological polar surface area (TPSA) is 66.9 Å². The smallest absolute Gasteiger partial charge is 0.239 e. The van der Waals surface area contributed by atoms with Crippen molar-refractivity contribution in [3.8, 4) is 0 Å². The molecular weight excluding hydrogens is 319 g/mol. The van der Waals surface area contributed by atoms with Gasteiger partial charge in [0.2, 0.25) is 11.9 Å². The van der Waals surface area contributed by atoms with Gasteiger partial charge in [-0.2, -0.15) is 0 Å². The summed E-state index contributed by atoms with van der Waals surface area (Å²) in [6.45, 7) is 5.99. The molecule has 0 aliphatic carbocycles. The van der Waals surface area contributed by atoms with Crippen LogP contribution in [0.15, 0.2) is 12.4 Å². The fraction of sp³-hybridized carbons (Fsp3) is 0.500. The van der Waals surface area contributed by atoms with Crippen molar-refractivity contribution in [2.24, 2.45) is 0 Å². The summed E-state index contributed by atoms with van der Waals surface area (Å²) in [5.41, 5.74) is -0.217. The van der Waals surface area contributed by atoms with Crippen LogP contribution in [0.3, 0.4) is 0 Å². The van der Waals surface area contributed by atoms with Gasteiger partial charge in [-0.05, 0) is 43.4 Å². The van der Waals surface area contributed by atoms with E-state index in [1.54, 1.807) is 12.4 Å². The van der Waals surface area contributed by atoms with Crippen molar-refractivity contribution in [2.75, 3.05) is 11.9 Å². The molecule has 0 bridgehead atoms. The number of hydrogen-bond donors (Lipinski definition) is 2. The fourth-order valence-corrected chi connectivity index (χ4v) is 1.30. The first-order valence-electron chi connectivity index (χ1n) is 4.89. The van der Waals surface area contributed by atoms with Crippen molar-refractivity contribution >= 4 is 34.4 Å². The monoisotopic (exact) mass is 334 g/mol. The minimum absolute atomic E-state index is 0.0744. The third kappa shape index (κ3) is 5.24. The van der Waals surface area contributed by atoms with E-state index in [-0.39, 0.29) is 18.0 Å². The van der Waals surface area contributed by atoms with Gasteiger partial charge in [0.25, 0.3) is 0 Å². The number of carbonyl (C=O) groups is 1. The Hall–Kier alpha value is -0.920. The predicted molar refractivity (Wildman–Crippen MR) is 71.1 cm³/mol. The number of anilines is 1. The number of carbonyl (C=O) groups excluding carboxylic acids is 1. The first-order chi connectivity index (χ1) is 7.37. The summed E-state index contributed by atoms with van der Waals surface area (Å²) in [6.07, 6.45) is 3.38. The van der Waals surface area contributed by atoms with Crippen LogP contribution < -0.4 is 10.6 Å². The summed E-state index contributed by atoms with van der Waals surface area (Å²) in [5, 5.41) is 5.70. The zero-order valence-electron chi connectivity index (χ0n) is 9.54. The van der Waals surface area contributed by atoms with Gasteiger partial charge in [0.1, 0.15) is 0 Å². The first-order valence-corrected chi connectivity index (χ1v) is 5.97. The second-order valence-corrected chi connectivity index (χ2v) is 5.62. The molecule has 0 aliphatic heterocycles. The highest BCUT2D eigenvalue weighted by molar-refractivity contribution is 14.1. The molecule has 16 heavy (non-hydrogen) atoms. The molecule has 0 aliphatic rings. The minimum Gasteiger partial charge on any atom is -0.350 e. The molecule has 0 saturated carbocycles. The van der Waals surface area contributed by atoms with Crippen molar-refractivity contribution in [1.82, 2.24) is 15.3 Å². The van der Waals surface area contributed by atoms with Crippen LogP contribution in [0.1, 0.15) is 20.8 Å². The molecule has 0 unspecified atom stereocenters. The molecule has 5 nitrogen and oxygen atoms in total. The van der Waals surface area contributed by atoms with Crippen LogP contribution in [0.5, 0.6) is 0 Å². The minimum atomic E-state index is -0.217. The Morgan fingerprint density at radius 3 is 2.44 bits per heavy atom. The third-order valence-corrected chi connectivity index (χ3v) is 2.10. The molecule has 2 N–H and O–H groups in total. The summed E-state index contributed by atoms with van der Waals surface area (Å²) >= 11 is 2.12. The van der Waals surface area contributed by atoms with E-state index in [0.717, 1.165) is 3.57 Å². The van der Waals surface area contributed by atoms with Gasteiger partial charge in [0.05, 0.1) is 6.54 Å². The van der Waals surface area contributed by atoms with Crippen molar-refractivity contribution in [2.45, 2.75) is 26.3 Å². The van der Waals surface area contributed by atoms with Crippen LogP contribution in [0.25, 0.3) is 0 Å². The molecule has 1 aromatic rings. The van der Waals surface area contributed by atoms with Crippen LogP contribution in [0, 0.1) is 3.57 Å². The van der Waals surface area contributed by atoms with Crippen LogP contribution in [-0.2, 0) is 4.79 Å². The Balaban J connectivity index is 2.40. The number of amides is 1. The highest BCUT2D eigenvalue weighted by atomic mass is 127. The average molecular weight is 334 g/mol. The quantitative estimate of drug-likeness (QED) is 0.821. The van der Waals surface area contributed by atoms with Gasteiger partial charge >= 0.3 is 0 Å². The summed E-state index contributed by atoms with van der Waals surface area (Å²) < 4.78 is 0.960. The second kappa shape index (κ2) is 5.42. The Bertz CT molecular complexity index is 358. The Labute approximate surface area is 109 Å². The van der Waals surface area contributed by atoms with Gasteiger partial charge in [-0.3, -0.25) is 4.79 Å². The number of aromatic nitrogens is 2. The number of hydrogen-bond acceptors (Lipinski definition) is 4. The highest BCUT2D eigenvalue weighted by Gasteiger charge is 2.13. The Morgan fingerprint density at radius 1 is 1.38 bits per heavy atom. The van der Waals surface area contributed by atoms with Gasteiger partial charge in [0, 0.05) is 21.5 Å². The van der Waals surface area contributed by atoms with E-state index < -0.39 is 0 Å². The maximum atomic E-state index is 11.5. The molecule has 0 radical (unpaired) electrons. The largest absolute Gasteiger partial charge is 0.350 e. The van der Waals surface area contributed by atoms with Gasteiger partial charge in [-0.15, -0.1) is 0 Å². The molecule has 1 aromatic heterocycles. The molecule has 1 heterocycles. The van der Waals surface area contributed by atoms with E-state index in [0.29, 0.717) is 5.95 Å². The molecule has 0 spiro atoms. The number of halogens is 1. The normalized spacial score (nSPS) is 11.0. The van der Waals surface area contributed by atoms with Gasteiger partial charge < -0.3 is 10.6 Å². The van der Waals surface area contributed by atoms with Crippen LogP contribution >= 0.6 is 22.6 Å². The highest BCUT2D eigenvalue weighted by Crippen LogP contribution is 2.02. The molecule has 88 valence electrons. The van der Waals surface area contributed by atoms with E-state index in [9.17, 15) is 4.79 Å². The summed E-state index contributed by atoms with van der Waals surface area (Å²) in [6, 6.07) is 0. The van der Waals surface area contributed by atoms with Crippen molar-refractivity contribution in [1.29, 1.82) is 0 Å². The molecule has 0 fully saturated rings. The molecule has 1 amide bonds. The predicted octanol–water partition coefficient (Wildman–Crippen LogP) is 1.41. The average Bonchev–Trinajstić information content (AvgIpc) is 2.14. The lowest BCUT2D eigenvalue weighted by Gasteiger charge is -2.20. The number of rotatable bonds is 3. The summed E-state index contributed by atoms with van der Waals surface area (Å²) in [4.78, 5) is 19.5. The first kappa shape index (κ1) is 13.1. The number of nitrogens with one attached hydrogen (secondary N) is 2. The van der Waals surface area contributed by atoms with Gasteiger partial charge in [-0.1, -0.05) is 0 Å². The van der Waals surface area contributed by atoms with E-state index in [1.807, 2.05) is 20.8 Å². The fourth-order valence-electron chi connectivity index (χ4n) is 1.03. The zero-order chi connectivity index (χ0) is 12.2. The van der Waals surface area contributed by atoms with Crippen molar-refractivity contribution < 1.29 is 4.79 Å². The lowest BCUT2D eigenvalue weighted by atomic mass is 10.1. The van der Waals surface area contributed by atoms with Crippen LogP contribution in [0.4, 0.5) is 5.95 Å². The van der Waals surface area contributed by atoms with E-state index in [2.05, 4.69) is 43.2 Å². The van der Waals surface area contributed by atoms with Gasteiger partial charge in [-0.25, -0.2) is 9.97 Å². The molecule has 6 heteroatoms. The second-order valence-electron chi connectivity index (χ2n) is 4.38. The Morgan fingerprint density at radius 2 is 1.94 bits per heavy atom.